The van der Waals surface area contributed by atoms with Gasteiger partial charge in [0.15, 0.2) is 0 Å². The minimum atomic E-state index is 0.307. The van der Waals surface area contributed by atoms with Gasteiger partial charge in [0.05, 0.1) is 18.8 Å². The maximum absolute atomic E-state index is 9.42. The zero-order valence-electron chi connectivity index (χ0n) is 16.4. The Bertz CT molecular complexity index is 875. The molecule has 2 aromatic rings. The van der Waals surface area contributed by atoms with Crippen LogP contribution in [0.2, 0.25) is 0 Å². The van der Waals surface area contributed by atoms with Crippen molar-refractivity contribution in [3.05, 3.63) is 35.7 Å². The average Bonchev–Trinajstić information content (AvgIpc) is 3.24. The number of nitrogens with zero attached hydrogens (tertiary/aromatic N) is 7. The van der Waals surface area contributed by atoms with Crippen molar-refractivity contribution in [1.29, 1.82) is 5.26 Å². The summed E-state index contributed by atoms with van der Waals surface area (Å²) in [5.41, 5.74) is 1.56. The largest absolute Gasteiger partial charge is 0.378 e. The van der Waals surface area contributed by atoms with Crippen molar-refractivity contribution >= 4 is 17.6 Å². The third-order valence-electron chi connectivity index (χ3n) is 5.43. The molecule has 2 aromatic heterocycles. The van der Waals surface area contributed by atoms with Crippen molar-refractivity contribution in [1.82, 2.24) is 15.0 Å². The molecule has 0 saturated carbocycles. The van der Waals surface area contributed by atoms with Gasteiger partial charge in [0.2, 0.25) is 5.95 Å². The van der Waals surface area contributed by atoms with Gasteiger partial charge in [-0.2, -0.15) is 10.2 Å². The van der Waals surface area contributed by atoms with Crippen molar-refractivity contribution in [2.45, 2.75) is 19.4 Å². The van der Waals surface area contributed by atoms with Gasteiger partial charge < -0.3 is 19.4 Å². The number of hydrogen-bond donors (Lipinski definition) is 0. The molecule has 0 bridgehead atoms. The first-order valence-electron chi connectivity index (χ1n) is 9.67. The van der Waals surface area contributed by atoms with Gasteiger partial charge in [-0.25, -0.2) is 9.97 Å². The van der Waals surface area contributed by atoms with Crippen molar-refractivity contribution in [2.75, 3.05) is 61.1 Å². The molecule has 28 heavy (non-hydrogen) atoms. The molecule has 2 aliphatic rings. The van der Waals surface area contributed by atoms with Crippen molar-refractivity contribution in [3.8, 4) is 6.07 Å². The Morgan fingerprint density at radius 1 is 1.14 bits per heavy atom. The highest BCUT2D eigenvalue weighted by atomic mass is 16.5. The Hall–Kier alpha value is -2.92. The molecule has 146 valence electrons. The number of pyridine rings is 1. The molecule has 0 radical (unpaired) electrons. The molecule has 2 aliphatic heterocycles. The highest BCUT2D eigenvalue weighted by Gasteiger charge is 2.29. The number of rotatable bonds is 4. The molecular formula is C20H25N7O. The third-order valence-corrected chi connectivity index (χ3v) is 5.43. The lowest BCUT2D eigenvalue weighted by atomic mass is 10.2. The average molecular weight is 379 g/mol. The lowest BCUT2D eigenvalue weighted by Gasteiger charge is -2.29. The summed E-state index contributed by atoms with van der Waals surface area (Å²) in [6.45, 7) is 6.72. The number of morpholine rings is 1. The Labute approximate surface area is 165 Å². The van der Waals surface area contributed by atoms with E-state index in [9.17, 15) is 5.26 Å². The molecule has 2 saturated heterocycles. The summed E-state index contributed by atoms with van der Waals surface area (Å²) in [7, 11) is 2.08. The molecular weight excluding hydrogens is 354 g/mol. The number of ether oxygens (including phenoxy) is 1. The number of aryl methyl sites for hydroxylation is 1. The second-order valence-corrected chi connectivity index (χ2v) is 7.25. The molecule has 0 N–H and O–H groups in total. The predicted octanol–water partition coefficient (Wildman–Crippen LogP) is 1.60. The topological polar surface area (TPSA) is 81.4 Å². The van der Waals surface area contributed by atoms with E-state index < -0.39 is 0 Å². The summed E-state index contributed by atoms with van der Waals surface area (Å²) in [6.07, 6.45) is 2.82. The van der Waals surface area contributed by atoms with Gasteiger partial charge in [-0.05, 0) is 31.5 Å². The summed E-state index contributed by atoms with van der Waals surface area (Å²) in [5.74, 6) is 2.46. The van der Waals surface area contributed by atoms with E-state index >= 15 is 0 Å². The van der Waals surface area contributed by atoms with Crippen molar-refractivity contribution in [3.63, 3.8) is 0 Å². The molecule has 0 aromatic carbocycles. The van der Waals surface area contributed by atoms with Gasteiger partial charge >= 0.3 is 0 Å². The Morgan fingerprint density at radius 2 is 1.96 bits per heavy atom. The van der Waals surface area contributed by atoms with Gasteiger partial charge in [0, 0.05) is 51.2 Å². The number of anilines is 3. The summed E-state index contributed by atoms with van der Waals surface area (Å²) < 4.78 is 5.42. The Kier molecular flexibility index (Phi) is 5.26. The van der Waals surface area contributed by atoms with Crippen LogP contribution in [-0.4, -0.2) is 67.4 Å². The molecule has 0 spiro atoms. The second-order valence-electron chi connectivity index (χ2n) is 7.25. The minimum absolute atomic E-state index is 0.307. The van der Waals surface area contributed by atoms with E-state index in [1.807, 2.05) is 31.3 Å². The highest BCUT2D eigenvalue weighted by Crippen LogP contribution is 2.26. The van der Waals surface area contributed by atoms with E-state index in [-0.39, 0.29) is 0 Å². The Morgan fingerprint density at radius 3 is 2.75 bits per heavy atom. The van der Waals surface area contributed by atoms with Crippen LogP contribution < -0.4 is 14.7 Å². The van der Waals surface area contributed by atoms with Gasteiger partial charge in [-0.1, -0.05) is 0 Å². The number of nitriles is 1. The normalized spacial score (nSPS) is 19.5. The van der Waals surface area contributed by atoms with Crippen molar-refractivity contribution in [2.24, 2.45) is 0 Å². The second kappa shape index (κ2) is 7.98. The van der Waals surface area contributed by atoms with E-state index in [1.165, 1.54) is 0 Å². The van der Waals surface area contributed by atoms with Gasteiger partial charge in [0.25, 0.3) is 0 Å². The first kappa shape index (κ1) is 18.4. The lowest BCUT2D eigenvalue weighted by molar-refractivity contribution is 0.122. The zero-order chi connectivity index (χ0) is 19.5. The SMILES string of the molecule is Cc1ccc(C#N)c(N2CCC(N(C)c3ccnc(N4CCOCC4)n3)C2)n1. The predicted molar refractivity (Wildman–Crippen MR) is 108 cm³/mol. The fourth-order valence-corrected chi connectivity index (χ4v) is 3.76. The summed E-state index contributed by atoms with van der Waals surface area (Å²) >= 11 is 0. The molecule has 4 rings (SSSR count). The highest BCUT2D eigenvalue weighted by molar-refractivity contribution is 5.56. The first-order valence-corrected chi connectivity index (χ1v) is 9.67. The van der Waals surface area contributed by atoms with Crippen LogP contribution in [0.4, 0.5) is 17.6 Å². The quantitative estimate of drug-likeness (QED) is 0.792. The maximum Gasteiger partial charge on any atom is 0.227 e. The van der Waals surface area contributed by atoms with Gasteiger partial charge in [0.1, 0.15) is 17.7 Å². The summed E-state index contributed by atoms with van der Waals surface area (Å²) in [6, 6.07) is 8.27. The van der Waals surface area contributed by atoms with Crippen LogP contribution in [-0.2, 0) is 4.74 Å². The fourth-order valence-electron chi connectivity index (χ4n) is 3.76. The molecule has 4 heterocycles. The number of hydrogen-bond acceptors (Lipinski definition) is 8. The summed E-state index contributed by atoms with van der Waals surface area (Å²) in [4.78, 5) is 20.4. The standard InChI is InChI=1S/C20H25N7O/c1-15-3-4-16(13-21)19(23-15)27-8-6-17(14-27)25(2)18-5-7-22-20(24-18)26-9-11-28-12-10-26/h3-5,7,17H,6,8-12,14H2,1-2H3. The van der Waals surface area contributed by atoms with Crippen LogP contribution in [0.1, 0.15) is 17.7 Å². The molecule has 1 atom stereocenters. The van der Waals surface area contributed by atoms with E-state index in [0.717, 1.165) is 55.9 Å². The zero-order valence-corrected chi connectivity index (χ0v) is 16.4. The Balaban J connectivity index is 1.49. The van der Waals surface area contributed by atoms with Gasteiger partial charge in [-0.3, -0.25) is 0 Å². The van der Waals surface area contributed by atoms with Gasteiger partial charge in [-0.15, -0.1) is 0 Å². The maximum atomic E-state index is 9.42. The molecule has 0 aliphatic carbocycles. The summed E-state index contributed by atoms with van der Waals surface area (Å²) in [5, 5.41) is 9.42. The number of aromatic nitrogens is 3. The van der Waals surface area contributed by atoms with Crippen molar-refractivity contribution < 1.29 is 4.74 Å². The monoisotopic (exact) mass is 379 g/mol. The fraction of sp³-hybridized carbons (Fsp3) is 0.500. The smallest absolute Gasteiger partial charge is 0.227 e. The first-order chi connectivity index (χ1) is 13.7. The van der Waals surface area contributed by atoms with Crippen LogP contribution in [0, 0.1) is 18.3 Å². The van der Waals surface area contributed by atoms with E-state index in [2.05, 4.69) is 37.8 Å². The van der Waals surface area contributed by atoms with E-state index in [0.29, 0.717) is 24.8 Å². The molecule has 8 heteroatoms. The molecule has 1 unspecified atom stereocenters. The minimum Gasteiger partial charge on any atom is -0.378 e. The molecule has 2 fully saturated rings. The van der Waals surface area contributed by atoms with E-state index in [4.69, 9.17) is 9.72 Å². The molecule has 8 nitrogen and oxygen atoms in total. The molecule has 0 amide bonds. The van der Waals surface area contributed by atoms with Crippen LogP contribution >= 0.6 is 0 Å². The third kappa shape index (κ3) is 3.71. The number of likely N-dealkylation sites (N-methyl/N-ethyl adjacent to an activating group) is 1. The lowest BCUT2D eigenvalue weighted by Crippen LogP contribution is -2.38. The van der Waals surface area contributed by atoms with Crippen LogP contribution in [0.3, 0.4) is 0 Å². The van der Waals surface area contributed by atoms with Crippen LogP contribution in [0.15, 0.2) is 24.4 Å². The van der Waals surface area contributed by atoms with Crippen LogP contribution in [0.5, 0.6) is 0 Å². The van der Waals surface area contributed by atoms with E-state index in [1.54, 1.807) is 0 Å². The van der Waals surface area contributed by atoms with Crippen LogP contribution in [0.25, 0.3) is 0 Å².